The number of anilines is 1. The van der Waals surface area contributed by atoms with Gasteiger partial charge >= 0.3 is 0 Å². The lowest BCUT2D eigenvalue weighted by Gasteiger charge is -2.20. The number of nitrogens with one attached hydrogen (secondary N) is 2. The normalized spacial score (nSPS) is 14.9. The highest BCUT2D eigenvalue weighted by molar-refractivity contribution is 7.10. The van der Waals surface area contributed by atoms with E-state index in [4.69, 9.17) is 11.6 Å². The molecule has 0 fully saturated rings. The van der Waals surface area contributed by atoms with E-state index < -0.39 is 0 Å². The molecule has 0 aliphatic carbocycles. The number of benzene rings is 1. The molecular weight excluding hydrogens is 304 g/mol. The number of carbonyl (C=O) groups excluding carboxylic acids is 1. The van der Waals surface area contributed by atoms with Gasteiger partial charge in [-0.1, -0.05) is 18.5 Å². The smallest absolute Gasteiger partial charge is 0.228 e. The van der Waals surface area contributed by atoms with Crippen molar-refractivity contribution in [2.24, 2.45) is 0 Å². The molecule has 3 rings (SSSR count). The summed E-state index contributed by atoms with van der Waals surface area (Å²) in [6.45, 7) is 5.05. The topological polar surface area (TPSA) is 41.1 Å². The van der Waals surface area contributed by atoms with E-state index in [1.165, 1.54) is 10.4 Å². The second-order valence-electron chi connectivity index (χ2n) is 5.21. The van der Waals surface area contributed by atoms with Gasteiger partial charge in [-0.05, 0) is 53.7 Å². The van der Waals surface area contributed by atoms with Crippen LogP contribution in [0.3, 0.4) is 0 Å². The summed E-state index contributed by atoms with van der Waals surface area (Å²) in [7, 11) is 0. The lowest BCUT2D eigenvalue weighted by molar-refractivity contribution is -0.115. The SMILES string of the molecule is CCNC(c1cc2c(cc1Cl)NC(=O)C2)c1sccc1C. The first-order valence-corrected chi connectivity index (χ1v) is 8.25. The highest BCUT2D eigenvalue weighted by atomic mass is 35.5. The molecule has 5 heteroatoms. The Morgan fingerprint density at radius 1 is 1.48 bits per heavy atom. The molecule has 2 heterocycles. The molecule has 0 saturated heterocycles. The van der Waals surface area contributed by atoms with E-state index >= 15 is 0 Å². The summed E-state index contributed by atoms with van der Waals surface area (Å²) < 4.78 is 0. The van der Waals surface area contributed by atoms with Crippen LogP contribution in [-0.2, 0) is 11.2 Å². The fraction of sp³-hybridized carbons (Fsp3) is 0.312. The maximum Gasteiger partial charge on any atom is 0.228 e. The number of hydrogen-bond acceptors (Lipinski definition) is 3. The van der Waals surface area contributed by atoms with E-state index in [2.05, 4.69) is 42.0 Å². The van der Waals surface area contributed by atoms with E-state index in [0.29, 0.717) is 11.4 Å². The lowest BCUT2D eigenvalue weighted by Crippen LogP contribution is -2.22. The zero-order chi connectivity index (χ0) is 15.0. The second kappa shape index (κ2) is 5.79. The van der Waals surface area contributed by atoms with Crippen molar-refractivity contribution in [3.63, 3.8) is 0 Å². The van der Waals surface area contributed by atoms with Gasteiger partial charge in [-0.2, -0.15) is 0 Å². The number of rotatable bonds is 4. The number of fused-ring (bicyclic) bond motifs is 1. The van der Waals surface area contributed by atoms with E-state index in [1.807, 2.05) is 6.07 Å². The van der Waals surface area contributed by atoms with Crippen molar-refractivity contribution >= 4 is 34.5 Å². The van der Waals surface area contributed by atoms with Gasteiger partial charge in [0.25, 0.3) is 0 Å². The molecule has 2 aromatic rings. The van der Waals surface area contributed by atoms with Crippen LogP contribution >= 0.6 is 22.9 Å². The average Bonchev–Trinajstić information content (AvgIpc) is 3.00. The third-order valence-corrected chi connectivity index (χ3v) is 5.14. The first-order valence-electron chi connectivity index (χ1n) is 6.99. The van der Waals surface area contributed by atoms with Crippen LogP contribution in [0.1, 0.15) is 34.5 Å². The monoisotopic (exact) mass is 320 g/mol. The highest BCUT2D eigenvalue weighted by Gasteiger charge is 2.24. The number of carbonyl (C=O) groups is 1. The van der Waals surface area contributed by atoms with Crippen molar-refractivity contribution in [3.8, 4) is 0 Å². The van der Waals surface area contributed by atoms with E-state index in [0.717, 1.165) is 23.4 Å². The van der Waals surface area contributed by atoms with Gasteiger partial charge in [-0.15, -0.1) is 11.3 Å². The van der Waals surface area contributed by atoms with Crippen molar-refractivity contribution in [1.82, 2.24) is 5.32 Å². The van der Waals surface area contributed by atoms with E-state index in [9.17, 15) is 4.79 Å². The Morgan fingerprint density at radius 2 is 2.29 bits per heavy atom. The number of halogens is 1. The second-order valence-corrected chi connectivity index (χ2v) is 6.57. The van der Waals surface area contributed by atoms with Gasteiger partial charge in [0.15, 0.2) is 0 Å². The van der Waals surface area contributed by atoms with Crippen LogP contribution in [-0.4, -0.2) is 12.5 Å². The maximum absolute atomic E-state index is 11.5. The van der Waals surface area contributed by atoms with Crippen molar-refractivity contribution in [2.45, 2.75) is 26.3 Å². The average molecular weight is 321 g/mol. The summed E-state index contributed by atoms with van der Waals surface area (Å²) in [5, 5.41) is 9.14. The van der Waals surface area contributed by atoms with Gasteiger partial charge in [-0.3, -0.25) is 4.79 Å². The minimum atomic E-state index is 0.0329. The van der Waals surface area contributed by atoms with Crippen molar-refractivity contribution < 1.29 is 4.79 Å². The van der Waals surface area contributed by atoms with Crippen LogP contribution < -0.4 is 10.6 Å². The highest BCUT2D eigenvalue weighted by Crippen LogP contribution is 2.37. The molecule has 0 radical (unpaired) electrons. The molecule has 21 heavy (non-hydrogen) atoms. The van der Waals surface area contributed by atoms with Crippen LogP contribution in [0.25, 0.3) is 0 Å². The largest absolute Gasteiger partial charge is 0.325 e. The van der Waals surface area contributed by atoms with Gasteiger partial charge in [-0.25, -0.2) is 0 Å². The van der Waals surface area contributed by atoms with Crippen molar-refractivity contribution in [3.05, 3.63) is 50.2 Å². The summed E-state index contributed by atoms with van der Waals surface area (Å²) in [5.74, 6) is 0.0329. The first-order chi connectivity index (χ1) is 10.1. The molecular formula is C16H17ClN2OS. The van der Waals surface area contributed by atoms with Crippen LogP contribution in [0.15, 0.2) is 23.6 Å². The van der Waals surface area contributed by atoms with Gasteiger partial charge in [0.05, 0.1) is 12.5 Å². The first kappa shape index (κ1) is 14.6. The molecule has 0 saturated carbocycles. The number of amides is 1. The molecule has 1 atom stereocenters. The molecule has 110 valence electrons. The standard InChI is InChI=1S/C16H17ClN2OS/c1-3-18-15(16-9(2)4-5-21-16)11-6-10-7-14(20)19-13(10)8-12(11)17/h4-6,8,15,18H,3,7H2,1-2H3,(H,19,20). The summed E-state index contributed by atoms with van der Waals surface area (Å²) >= 11 is 8.20. The van der Waals surface area contributed by atoms with Gasteiger partial charge in [0.1, 0.15) is 0 Å². The zero-order valence-corrected chi connectivity index (χ0v) is 13.6. The van der Waals surface area contributed by atoms with Crippen LogP contribution in [0.2, 0.25) is 5.02 Å². The fourth-order valence-corrected chi connectivity index (χ4v) is 4.01. The summed E-state index contributed by atoms with van der Waals surface area (Å²) in [6, 6.07) is 6.12. The maximum atomic E-state index is 11.5. The predicted molar refractivity (Wildman–Crippen MR) is 88.4 cm³/mol. The van der Waals surface area contributed by atoms with Crippen LogP contribution in [0.5, 0.6) is 0 Å². The quantitative estimate of drug-likeness (QED) is 0.897. The molecule has 1 aromatic heterocycles. The van der Waals surface area contributed by atoms with Crippen LogP contribution in [0.4, 0.5) is 5.69 Å². The molecule has 0 spiro atoms. The molecule has 1 unspecified atom stereocenters. The van der Waals surface area contributed by atoms with Gasteiger partial charge < -0.3 is 10.6 Å². The van der Waals surface area contributed by atoms with Crippen molar-refractivity contribution in [2.75, 3.05) is 11.9 Å². The minimum Gasteiger partial charge on any atom is -0.325 e. The number of aryl methyl sites for hydroxylation is 1. The number of thiophene rings is 1. The Morgan fingerprint density at radius 3 is 2.95 bits per heavy atom. The summed E-state index contributed by atoms with van der Waals surface area (Å²) in [6.07, 6.45) is 0.432. The Hall–Kier alpha value is -1.36. The zero-order valence-electron chi connectivity index (χ0n) is 12.0. The minimum absolute atomic E-state index is 0.0329. The molecule has 1 aromatic carbocycles. The number of hydrogen-bond donors (Lipinski definition) is 2. The summed E-state index contributed by atoms with van der Waals surface area (Å²) in [4.78, 5) is 12.8. The van der Waals surface area contributed by atoms with E-state index in [1.54, 1.807) is 11.3 Å². The molecule has 1 aliphatic rings. The fourth-order valence-electron chi connectivity index (χ4n) is 2.72. The Bertz CT molecular complexity index is 696. The Labute approximate surface area is 133 Å². The third kappa shape index (κ3) is 2.71. The molecule has 1 amide bonds. The van der Waals surface area contributed by atoms with Crippen molar-refractivity contribution in [1.29, 1.82) is 0 Å². The molecule has 2 N–H and O–H groups in total. The van der Waals surface area contributed by atoms with E-state index in [-0.39, 0.29) is 11.9 Å². The molecule has 1 aliphatic heterocycles. The predicted octanol–water partition coefficient (Wildman–Crippen LogP) is 3.90. The van der Waals surface area contributed by atoms with Crippen LogP contribution in [0, 0.1) is 6.92 Å². The molecule has 0 bridgehead atoms. The lowest BCUT2D eigenvalue weighted by atomic mass is 9.99. The Balaban J connectivity index is 2.07. The Kier molecular flexibility index (Phi) is 4.02. The van der Waals surface area contributed by atoms with Gasteiger partial charge in [0.2, 0.25) is 5.91 Å². The third-order valence-electron chi connectivity index (χ3n) is 3.73. The van der Waals surface area contributed by atoms with Gasteiger partial charge in [0, 0.05) is 15.6 Å². The summed E-state index contributed by atoms with van der Waals surface area (Å²) in [5.41, 5.74) is 4.17. The molecule has 3 nitrogen and oxygen atoms in total.